The summed E-state index contributed by atoms with van der Waals surface area (Å²) in [6.45, 7) is 0.292. The largest absolute Gasteiger partial charge is 0.504 e. The molecular weight excluding hydrogens is 386 g/mol. The van der Waals surface area contributed by atoms with E-state index in [-0.39, 0.29) is 5.56 Å². The van der Waals surface area contributed by atoms with Crippen LogP contribution < -0.4 is 10.2 Å². The van der Waals surface area contributed by atoms with E-state index >= 15 is 0 Å². The van der Waals surface area contributed by atoms with Crippen LogP contribution in [0.2, 0.25) is 0 Å². The van der Waals surface area contributed by atoms with Crippen LogP contribution in [0.4, 0.5) is 0 Å². The summed E-state index contributed by atoms with van der Waals surface area (Å²) < 4.78 is 5.73. The lowest BCUT2D eigenvalue weighted by molar-refractivity contribution is 0.0954. The zero-order valence-electron chi connectivity index (χ0n) is 15.6. The minimum absolute atomic E-state index is 0.0726. The SMILES string of the molecule is N#Cc1cccc(COc2cccc(/C=N/NC(=O)c3cc(O)c(O)c(O)c3)c2)c1. The number of hydrazone groups is 1. The Kier molecular flexibility index (Phi) is 6.15. The van der Waals surface area contributed by atoms with Gasteiger partial charge in [-0.15, -0.1) is 0 Å². The first-order valence-corrected chi connectivity index (χ1v) is 8.76. The molecule has 0 aromatic heterocycles. The van der Waals surface area contributed by atoms with Crippen molar-refractivity contribution in [2.24, 2.45) is 5.10 Å². The maximum absolute atomic E-state index is 12.1. The summed E-state index contributed by atoms with van der Waals surface area (Å²) in [6.07, 6.45) is 1.40. The molecule has 0 spiro atoms. The van der Waals surface area contributed by atoms with Gasteiger partial charge in [0.2, 0.25) is 0 Å². The van der Waals surface area contributed by atoms with Gasteiger partial charge in [0, 0.05) is 5.56 Å². The second-order valence-corrected chi connectivity index (χ2v) is 6.24. The summed E-state index contributed by atoms with van der Waals surface area (Å²) in [6, 6.07) is 18.2. The molecule has 0 saturated heterocycles. The smallest absolute Gasteiger partial charge is 0.271 e. The molecule has 0 aliphatic carbocycles. The van der Waals surface area contributed by atoms with E-state index in [9.17, 15) is 20.1 Å². The van der Waals surface area contributed by atoms with E-state index in [2.05, 4.69) is 16.6 Å². The highest BCUT2D eigenvalue weighted by atomic mass is 16.5. The van der Waals surface area contributed by atoms with Crippen LogP contribution in [0.15, 0.2) is 65.8 Å². The van der Waals surface area contributed by atoms with Crippen molar-refractivity contribution in [3.05, 3.63) is 82.9 Å². The fourth-order valence-corrected chi connectivity index (χ4v) is 2.55. The molecule has 0 saturated carbocycles. The van der Waals surface area contributed by atoms with Crippen LogP contribution in [0.25, 0.3) is 0 Å². The van der Waals surface area contributed by atoms with Crippen LogP contribution in [0.3, 0.4) is 0 Å². The summed E-state index contributed by atoms with van der Waals surface area (Å²) in [4.78, 5) is 12.1. The molecule has 3 rings (SSSR count). The van der Waals surface area contributed by atoms with Crippen LogP contribution in [-0.4, -0.2) is 27.4 Å². The maximum Gasteiger partial charge on any atom is 0.271 e. The first-order chi connectivity index (χ1) is 14.5. The number of hydrogen-bond donors (Lipinski definition) is 4. The van der Waals surface area contributed by atoms with Crippen molar-refractivity contribution in [1.82, 2.24) is 5.43 Å². The molecule has 0 fully saturated rings. The van der Waals surface area contributed by atoms with E-state index in [4.69, 9.17) is 10.00 Å². The van der Waals surface area contributed by atoms with E-state index in [1.165, 1.54) is 6.21 Å². The van der Waals surface area contributed by atoms with Gasteiger partial charge in [0.15, 0.2) is 17.2 Å². The standard InChI is InChI=1S/C22H17N3O5/c23-11-14-3-1-5-16(7-14)13-30-18-6-2-4-15(8-18)12-24-25-22(29)17-9-19(26)21(28)20(27)10-17/h1-10,12,26-28H,13H2,(H,25,29)/b24-12+. The number of carbonyl (C=O) groups excluding carboxylic acids is 1. The lowest BCUT2D eigenvalue weighted by Crippen LogP contribution is -2.17. The molecule has 4 N–H and O–H groups in total. The Bertz CT molecular complexity index is 1130. The van der Waals surface area contributed by atoms with Gasteiger partial charge in [-0.25, -0.2) is 5.43 Å². The minimum Gasteiger partial charge on any atom is -0.504 e. The number of aromatic hydroxyl groups is 3. The molecule has 0 heterocycles. The van der Waals surface area contributed by atoms with Gasteiger partial charge in [0.1, 0.15) is 12.4 Å². The number of ether oxygens (including phenoxy) is 1. The monoisotopic (exact) mass is 403 g/mol. The van der Waals surface area contributed by atoms with E-state index in [1.54, 1.807) is 42.5 Å². The number of rotatable bonds is 6. The van der Waals surface area contributed by atoms with E-state index in [1.807, 2.05) is 6.07 Å². The van der Waals surface area contributed by atoms with Gasteiger partial charge in [-0.1, -0.05) is 24.3 Å². The Hall–Kier alpha value is -4.51. The minimum atomic E-state index is -0.703. The fraction of sp³-hybridized carbons (Fsp3) is 0.0455. The summed E-state index contributed by atoms with van der Waals surface area (Å²) in [7, 11) is 0. The zero-order valence-corrected chi connectivity index (χ0v) is 15.6. The number of nitrogens with zero attached hydrogens (tertiary/aromatic N) is 2. The molecule has 0 radical (unpaired) electrons. The zero-order chi connectivity index (χ0) is 21.5. The molecule has 8 nitrogen and oxygen atoms in total. The average Bonchev–Trinajstić information content (AvgIpc) is 2.76. The third kappa shape index (κ3) is 5.05. The lowest BCUT2D eigenvalue weighted by atomic mass is 10.1. The number of carbonyl (C=O) groups is 1. The fourth-order valence-electron chi connectivity index (χ4n) is 2.55. The summed E-state index contributed by atoms with van der Waals surface area (Å²) in [5, 5.41) is 41.0. The molecular formula is C22H17N3O5. The molecule has 3 aromatic carbocycles. The number of nitriles is 1. The number of hydrogen-bond acceptors (Lipinski definition) is 7. The molecule has 8 heteroatoms. The third-order valence-electron chi connectivity index (χ3n) is 4.03. The van der Waals surface area contributed by atoms with Crippen molar-refractivity contribution in [3.8, 4) is 29.1 Å². The van der Waals surface area contributed by atoms with Crippen molar-refractivity contribution in [1.29, 1.82) is 5.26 Å². The molecule has 30 heavy (non-hydrogen) atoms. The predicted octanol–water partition coefficient (Wildman–Crippen LogP) is 3.02. The van der Waals surface area contributed by atoms with Gasteiger partial charge in [0.25, 0.3) is 5.91 Å². The molecule has 1 amide bonds. The van der Waals surface area contributed by atoms with Gasteiger partial charge >= 0.3 is 0 Å². The van der Waals surface area contributed by atoms with E-state index < -0.39 is 23.2 Å². The highest BCUT2D eigenvalue weighted by molar-refractivity contribution is 5.96. The number of benzene rings is 3. The number of nitrogens with one attached hydrogen (secondary N) is 1. The Labute approximate surface area is 171 Å². The highest BCUT2D eigenvalue weighted by Gasteiger charge is 2.12. The number of phenols is 3. The van der Waals surface area contributed by atoms with Gasteiger partial charge in [-0.2, -0.15) is 10.4 Å². The van der Waals surface area contributed by atoms with Crippen LogP contribution in [-0.2, 0) is 6.61 Å². The van der Waals surface area contributed by atoms with Crippen LogP contribution >= 0.6 is 0 Å². The number of phenolic OH excluding ortho intramolecular Hbond substituents is 3. The van der Waals surface area contributed by atoms with Crippen molar-refractivity contribution in [2.75, 3.05) is 0 Å². The molecule has 0 aliphatic heterocycles. The molecule has 150 valence electrons. The van der Waals surface area contributed by atoms with Crippen LogP contribution in [0.5, 0.6) is 23.0 Å². The average molecular weight is 403 g/mol. The van der Waals surface area contributed by atoms with Crippen molar-refractivity contribution < 1.29 is 24.9 Å². The first-order valence-electron chi connectivity index (χ1n) is 8.76. The molecule has 0 atom stereocenters. The van der Waals surface area contributed by atoms with E-state index in [0.717, 1.165) is 17.7 Å². The van der Waals surface area contributed by atoms with Gasteiger partial charge < -0.3 is 20.1 Å². The quantitative estimate of drug-likeness (QED) is 0.284. The Morgan fingerprint density at radius 3 is 2.53 bits per heavy atom. The third-order valence-corrected chi connectivity index (χ3v) is 4.03. The van der Waals surface area contributed by atoms with Crippen molar-refractivity contribution in [2.45, 2.75) is 6.61 Å². The first kappa shape index (κ1) is 20.2. The Balaban J connectivity index is 1.61. The van der Waals surface area contributed by atoms with Gasteiger partial charge in [-0.05, 0) is 47.5 Å². The van der Waals surface area contributed by atoms with Crippen LogP contribution in [0, 0.1) is 11.3 Å². The Morgan fingerprint density at radius 1 is 1.07 bits per heavy atom. The topological polar surface area (TPSA) is 135 Å². The highest BCUT2D eigenvalue weighted by Crippen LogP contribution is 2.35. The summed E-state index contributed by atoms with van der Waals surface area (Å²) in [5.74, 6) is -2.03. The van der Waals surface area contributed by atoms with Crippen LogP contribution in [0.1, 0.15) is 27.0 Å². The van der Waals surface area contributed by atoms with Gasteiger partial charge in [0.05, 0.1) is 17.8 Å². The van der Waals surface area contributed by atoms with Crippen molar-refractivity contribution in [3.63, 3.8) is 0 Å². The normalized spacial score (nSPS) is 10.5. The van der Waals surface area contributed by atoms with E-state index in [0.29, 0.717) is 23.5 Å². The second-order valence-electron chi connectivity index (χ2n) is 6.24. The predicted molar refractivity (Wildman–Crippen MR) is 108 cm³/mol. The lowest BCUT2D eigenvalue weighted by Gasteiger charge is -2.07. The molecule has 0 unspecified atom stereocenters. The van der Waals surface area contributed by atoms with Crippen molar-refractivity contribution >= 4 is 12.1 Å². The molecule has 0 aliphatic rings. The second kappa shape index (κ2) is 9.12. The summed E-state index contributed by atoms with van der Waals surface area (Å²) in [5.41, 5.74) is 4.28. The number of amides is 1. The summed E-state index contributed by atoms with van der Waals surface area (Å²) >= 11 is 0. The Morgan fingerprint density at radius 2 is 1.80 bits per heavy atom. The molecule has 0 bridgehead atoms. The van der Waals surface area contributed by atoms with Gasteiger partial charge in [-0.3, -0.25) is 4.79 Å². The molecule has 3 aromatic rings. The maximum atomic E-state index is 12.1.